The van der Waals surface area contributed by atoms with Gasteiger partial charge in [-0.3, -0.25) is 10.1 Å². The molecular formula is C28H33N5O3. The number of hydrogen-bond acceptors (Lipinski definition) is 5. The first kappa shape index (κ1) is 23.0. The van der Waals surface area contributed by atoms with Crippen molar-refractivity contribution < 1.29 is 14.3 Å². The smallest absolute Gasteiger partial charge is 0.413 e. The number of imidazole rings is 1. The topological polar surface area (TPSA) is 109 Å². The van der Waals surface area contributed by atoms with E-state index in [1.165, 1.54) is 19.3 Å². The Labute approximate surface area is 210 Å². The third kappa shape index (κ3) is 4.45. The van der Waals surface area contributed by atoms with Gasteiger partial charge in [-0.05, 0) is 101 Å². The number of ether oxygens (including phenoxy) is 1. The SMILES string of the molecule is CC(C)(C)OC(=O)Nc1cc2nc(-c3ccc(NC(=O)C45CC6CC(CC(C6)C4)C5)cc3)[nH]c2cn1. The number of H-pyrrole nitrogens is 1. The van der Waals surface area contributed by atoms with Crippen LogP contribution in [-0.2, 0) is 9.53 Å². The van der Waals surface area contributed by atoms with E-state index in [2.05, 4.69) is 25.6 Å². The lowest BCUT2D eigenvalue weighted by Crippen LogP contribution is -2.51. The van der Waals surface area contributed by atoms with Crippen molar-refractivity contribution >= 4 is 34.5 Å². The molecule has 2 amide bonds. The number of aromatic amines is 1. The Balaban J connectivity index is 1.14. The second-order valence-electron chi connectivity index (χ2n) is 12.0. The summed E-state index contributed by atoms with van der Waals surface area (Å²) in [4.78, 5) is 37.6. The molecule has 4 aliphatic rings. The van der Waals surface area contributed by atoms with Gasteiger partial charge in [0.2, 0.25) is 5.91 Å². The van der Waals surface area contributed by atoms with Gasteiger partial charge in [0, 0.05) is 17.3 Å². The number of fused-ring (bicyclic) bond motifs is 1. The molecular weight excluding hydrogens is 454 g/mol. The molecule has 0 atom stereocenters. The van der Waals surface area contributed by atoms with Gasteiger partial charge in [0.15, 0.2) is 0 Å². The quantitative estimate of drug-likeness (QED) is 0.410. The largest absolute Gasteiger partial charge is 0.444 e. The van der Waals surface area contributed by atoms with Gasteiger partial charge in [0.1, 0.15) is 17.2 Å². The lowest BCUT2D eigenvalue weighted by Gasteiger charge is -2.55. The highest BCUT2D eigenvalue weighted by atomic mass is 16.6. The summed E-state index contributed by atoms with van der Waals surface area (Å²) >= 11 is 0. The average molecular weight is 488 g/mol. The summed E-state index contributed by atoms with van der Waals surface area (Å²) in [5.41, 5.74) is 2.42. The molecule has 4 bridgehead atoms. The van der Waals surface area contributed by atoms with Crippen LogP contribution >= 0.6 is 0 Å². The van der Waals surface area contributed by atoms with Crippen LogP contribution in [0.1, 0.15) is 59.3 Å². The third-order valence-corrected chi connectivity index (χ3v) is 7.93. The maximum absolute atomic E-state index is 13.3. The zero-order chi connectivity index (χ0) is 25.1. The van der Waals surface area contributed by atoms with Crippen LogP contribution in [0.2, 0.25) is 0 Å². The number of carbonyl (C=O) groups is 2. The van der Waals surface area contributed by atoms with Gasteiger partial charge in [-0.1, -0.05) is 0 Å². The lowest BCUT2D eigenvalue weighted by atomic mass is 9.49. The van der Waals surface area contributed by atoms with E-state index in [-0.39, 0.29) is 11.3 Å². The Morgan fingerprint density at radius 1 is 1.00 bits per heavy atom. The molecule has 8 heteroatoms. The highest BCUT2D eigenvalue weighted by Gasteiger charge is 2.54. The standard InChI is InChI=1S/C28H33N5O3/c1-27(2,3)36-26(35)33-23-11-21-22(15-29-23)32-24(31-21)19-4-6-20(7-5-19)30-25(34)28-12-16-8-17(13-28)10-18(9-16)14-28/h4-7,11,15-18H,8-10,12-14H2,1-3H3,(H,30,34)(H,31,32)(H,29,33,35). The summed E-state index contributed by atoms with van der Waals surface area (Å²) < 4.78 is 5.29. The molecule has 3 aromatic rings. The summed E-state index contributed by atoms with van der Waals surface area (Å²) in [6.07, 6.45) is 8.23. The van der Waals surface area contributed by atoms with Crippen molar-refractivity contribution in [3.05, 3.63) is 36.5 Å². The van der Waals surface area contributed by atoms with E-state index in [0.717, 1.165) is 53.8 Å². The zero-order valence-corrected chi connectivity index (χ0v) is 21.1. The third-order valence-electron chi connectivity index (χ3n) is 7.93. The van der Waals surface area contributed by atoms with Crippen LogP contribution in [-0.4, -0.2) is 32.6 Å². The number of nitrogens with zero attached hydrogens (tertiary/aromatic N) is 2. The van der Waals surface area contributed by atoms with E-state index in [4.69, 9.17) is 4.74 Å². The molecule has 7 rings (SSSR count). The number of carbonyl (C=O) groups excluding carboxylic acids is 2. The van der Waals surface area contributed by atoms with Crippen molar-refractivity contribution in [2.24, 2.45) is 23.2 Å². The van der Waals surface area contributed by atoms with Gasteiger partial charge in [0.05, 0.1) is 22.6 Å². The number of amides is 2. The van der Waals surface area contributed by atoms with Crippen molar-refractivity contribution in [2.45, 2.75) is 64.9 Å². The van der Waals surface area contributed by atoms with Crippen molar-refractivity contribution in [3.8, 4) is 11.4 Å². The molecule has 4 saturated carbocycles. The molecule has 8 nitrogen and oxygen atoms in total. The molecule has 4 fully saturated rings. The van der Waals surface area contributed by atoms with Gasteiger partial charge in [-0.15, -0.1) is 0 Å². The minimum Gasteiger partial charge on any atom is -0.444 e. The fourth-order valence-corrected chi connectivity index (χ4v) is 6.89. The molecule has 0 spiro atoms. The molecule has 0 saturated heterocycles. The number of rotatable bonds is 4. The first-order chi connectivity index (χ1) is 17.1. The fourth-order valence-electron chi connectivity index (χ4n) is 6.89. The van der Waals surface area contributed by atoms with Gasteiger partial charge >= 0.3 is 6.09 Å². The molecule has 4 aliphatic carbocycles. The summed E-state index contributed by atoms with van der Waals surface area (Å²) in [7, 11) is 0. The van der Waals surface area contributed by atoms with Crippen LogP contribution < -0.4 is 10.6 Å². The molecule has 2 aromatic heterocycles. The highest BCUT2D eigenvalue weighted by molar-refractivity contribution is 5.96. The van der Waals surface area contributed by atoms with E-state index in [1.807, 2.05) is 45.0 Å². The van der Waals surface area contributed by atoms with Gasteiger partial charge < -0.3 is 15.0 Å². The van der Waals surface area contributed by atoms with Crippen molar-refractivity contribution in [2.75, 3.05) is 10.6 Å². The van der Waals surface area contributed by atoms with Crippen LogP contribution in [0.5, 0.6) is 0 Å². The van der Waals surface area contributed by atoms with Crippen molar-refractivity contribution in [1.29, 1.82) is 0 Å². The zero-order valence-electron chi connectivity index (χ0n) is 21.1. The Hall–Kier alpha value is -3.42. The first-order valence-corrected chi connectivity index (χ1v) is 12.9. The Kier molecular flexibility index (Phi) is 5.32. The minimum atomic E-state index is -0.589. The molecule has 2 heterocycles. The Morgan fingerprint density at radius 3 is 2.25 bits per heavy atom. The minimum absolute atomic E-state index is 0.162. The van der Waals surface area contributed by atoms with E-state index >= 15 is 0 Å². The number of benzene rings is 1. The van der Waals surface area contributed by atoms with E-state index in [1.54, 1.807) is 12.3 Å². The number of anilines is 2. The second kappa shape index (κ2) is 8.32. The Morgan fingerprint density at radius 2 is 1.64 bits per heavy atom. The van der Waals surface area contributed by atoms with Crippen molar-refractivity contribution in [1.82, 2.24) is 15.0 Å². The van der Waals surface area contributed by atoms with E-state index in [0.29, 0.717) is 17.2 Å². The van der Waals surface area contributed by atoms with Gasteiger partial charge in [0.25, 0.3) is 0 Å². The van der Waals surface area contributed by atoms with Crippen LogP contribution in [0, 0.1) is 23.2 Å². The maximum Gasteiger partial charge on any atom is 0.413 e. The highest BCUT2D eigenvalue weighted by Crippen LogP contribution is 2.60. The molecule has 0 aliphatic heterocycles. The predicted molar refractivity (Wildman–Crippen MR) is 138 cm³/mol. The second-order valence-corrected chi connectivity index (χ2v) is 12.0. The Bertz CT molecular complexity index is 1290. The summed E-state index contributed by atoms with van der Waals surface area (Å²) in [5, 5.41) is 5.86. The van der Waals surface area contributed by atoms with Crippen LogP contribution in [0.3, 0.4) is 0 Å². The molecule has 188 valence electrons. The number of aromatic nitrogens is 3. The number of nitrogens with one attached hydrogen (secondary N) is 3. The van der Waals surface area contributed by atoms with E-state index in [9.17, 15) is 9.59 Å². The molecule has 3 N–H and O–H groups in total. The normalized spacial score (nSPS) is 26.7. The fraction of sp³-hybridized carbons (Fsp3) is 0.500. The van der Waals surface area contributed by atoms with Crippen LogP contribution in [0.4, 0.5) is 16.3 Å². The average Bonchev–Trinajstić information content (AvgIpc) is 3.21. The number of hydrogen-bond donors (Lipinski definition) is 3. The lowest BCUT2D eigenvalue weighted by molar-refractivity contribution is -0.140. The van der Waals surface area contributed by atoms with Crippen molar-refractivity contribution in [3.63, 3.8) is 0 Å². The number of pyridine rings is 1. The summed E-state index contributed by atoms with van der Waals surface area (Å²) in [5.74, 6) is 3.50. The molecule has 0 radical (unpaired) electrons. The monoisotopic (exact) mass is 487 g/mol. The van der Waals surface area contributed by atoms with E-state index < -0.39 is 11.7 Å². The first-order valence-electron chi connectivity index (χ1n) is 12.9. The molecule has 36 heavy (non-hydrogen) atoms. The van der Waals surface area contributed by atoms with Gasteiger partial charge in [-0.25, -0.2) is 14.8 Å². The van der Waals surface area contributed by atoms with Gasteiger partial charge in [-0.2, -0.15) is 0 Å². The summed E-state index contributed by atoms with van der Waals surface area (Å²) in [6.45, 7) is 5.43. The van der Waals surface area contributed by atoms with Crippen LogP contribution in [0.25, 0.3) is 22.4 Å². The molecule has 0 unspecified atom stereocenters. The van der Waals surface area contributed by atoms with Crippen LogP contribution in [0.15, 0.2) is 36.5 Å². The predicted octanol–water partition coefficient (Wildman–Crippen LogP) is 6.13. The molecule has 1 aromatic carbocycles. The maximum atomic E-state index is 13.3. The summed E-state index contributed by atoms with van der Waals surface area (Å²) in [6, 6.07) is 9.50.